The van der Waals surface area contributed by atoms with Crippen LogP contribution in [0.3, 0.4) is 0 Å². The first-order chi connectivity index (χ1) is 10.0. The molecule has 0 aliphatic carbocycles. The normalized spacial score (nSPS) is 12.7. The first kappa shape index (κ1) is 15.9. The van der Waals surface area contributed by atoms with Crippen molar-refractivity contribution in [3.05, 3.63) is 28.5 Å². The smallest absolute Gasteiger partial charge is 0.261 e. The highest BCUT2D eigenvalue weighted by atomic mass is 79.9. The number of nitrogens with zero attached hydrogens (tertiary/aromatic N) is 2. The van der Waals surface area contributed by atoms with E-state index in [1.807, 2.05) is 32.0 Å². The van der Waals surface area contributed by atoms with Crippen molar-refractivity contribution in [3.63, 3.8) is 0 Å². The molecule has 2 rings (SSSR count). The lowest BCUT2D eigenvalue weighted by Crippen LogP contribution is -2.20. The molecular weight excluding hydrogens is 338 g/mol. The molecule has 1 aromatic carbocycles. The van der Waals surface area contributed by atoms with E-state index < -0.39 is 6.04 Å². The zero-order chi connectivity index (χ0) is 15.4. The molecule has 1 heterocycles. The molecule has 0 radical (unpaired) electrons. The number of halogens is 1. The van der Waals surface area contributed by atoms with Crippen molar-refractivity contribution >= 4 is 15.9 Å². The van der Waals surface area contributed by atoms with Crippen LogP contribution in [-0.4, -0.2) is 30.0 Å². The van der Waals surface area contributed by atoms with Gasteiger partial charge >= 0.3 is 0 Å². The number of nitrogens with two attached hydrogens (primary N) is 1. The molecule has 0 aliphatic heterocycles. The quantitative estimate of drug-likeness (QED) is 0.857. The van der Waals surface area contributed by atoms with E-state index in [2.05, 4.69) is 26.1 Å². The largest absolute Gasteiger partial charge is 0.496 e. The van der Waals surface area contributed by atoms with Crippen LogP contribution >= 0.6 is 15.9 Å². The molecule has 1 unspecified atom stereocenters. The Kier molecular flexibility index (Phi) is 5.33. The Morgan fingerprint density at radius 1 is 1.38 bits per heavy atom. The van der Waals surface area contributed by atoms with Gasteiger partial charge in [-0.05, 0) is 32.0 Å². The SMILES string of the molecule is COc1cc(Br)ccc1-c1nc(C(N)COC(C)C)no1. The van der Waals surface area contributed by atoms with E-state index in [-0.39, 0.29) is 6.10 Å². The molecule has 2 N–H and O–H groups in total. The summed E-state index contributed by atoms with van der Waals surface area (Å²) in [5.74, 6) is 1.43. The standard InChI is InChI=1S/C14H18BrN3O3/c1-8(2)20-7-11(16)13-17-14(21-18-13)10-5-4-9(15)6-12(10)19-3/h4-6,8,11H,7,16H2,1-3H3. The third-order valence-electron chi connectivity index (χ3n) is 2.78. The fraction of sp³-hybridized carbons (Fsp3) is 0.429. The maximum Gasteiger partial charge on any atom is 0.261 e. The van der Waals surface area contributed by atoms with E-state index in [1.54, 1.807) is 7.11 Å². The summed E-state index contributed by atoms with van der Waals surface area (Å²) < 4.78 is 16.9. The average Bonchev–Trinajstić information content (AvgIpc) is 2.94. The molecule has 2 aromatic rings. The number of aromatic nitrogens is 2. The third-order valence-corrected chi connectivity index (χ3v) is 3.27. The van der Waals surface area contributed by atoms with Crippen LogP contribution in [0.1, 0.15) is 25.7 Å². The van der Waals surface area contributed by atoms with Crippen LogP contribution in [0.5, 0.6) is 5.75 Å². The molecule has 21 heavy (non-hydrogen) atoms. The zero-order valence-corrected chi connectivity index (χ0v) is 13.8. The van der Waals surface area contributed by atoms with Gasteiger partial charge in [0.1, 0.15) is 5.75 Å². The first-order valence-corrected chi connectivity index (χ1v) is 7.35. The highest BCUT2D eigenvalue weighted by Gasteiger charge is 2.18. The Morgan fingerprint density at radius 2 is 2.14 bits per heavy atom. The summed E-state index contributed by atoms with van der Waals surface area (Å²) in [4.78, 5) is 4.32. The molecule has 7 heteroatoms. The fourth-order valence-electron chi connectivity index (χ4n) is 1.71. The van der Waals surface area contributed by atoms with Gasteiger partial charge in [-0.2, -0.15) is 4.98 Å². The van der Waals surface area contributed by atoms with Gasteiger partial charge in [0.2, 0.25) is 0 Å². The first-order valence-electron chi connectivity index (χ1n) is 6.56. The maximum atomic E-state index is 5.98. The van der Waals surface area contributed by atoms with E-state index in [4.69, 9.17) is 19.7 Å². The van der Waals surface area contributed by atoms with Crippen molar-refractivity contribution in [1.82, 2.24) is 10.1 Å². The molecule has 1 aromatic heterocycles. The summed E-state index contributed by atoms with van der Waals surface area (Å²) in [6.07, 6.45) is 0.106. The predicted molar refractivity (Wildman–Crippen MR) is 82.0 cm³/mol. The van der Waals surface area contributed by atoms with Gasteiger partial charge in [-0.3, -0.25) is 0 Å². The van der Waals surface area contributed by atoms with Crippen LogP contribution in [-0.2, 0) is 4.74 Å². The summed E-state index contributed by atoms with van der Waals surface area (Å²) >= 11 is 3.39. The number of hydrogen-bond acceptors (Lipinski definition) is 6. The second-order valence-electron chi connectivity index (χ2n) is 4.79. The van der Waals surface area contributed by atoms with Gasteiger partial charge in [0.25, 0.3) is 5.89 Å². The van der Waals surface area contributed by atoms with Gasteiger partial charge in [0.05, 0.1) is 31.4 Å². The maximum absolute atomic E-state index is 5.98. The molecule has 1 atom stereocenters. The Balaban J connectivity index is 2.20. The minimum atomic E-state index is -0.425. The highest BCUT2D eigenvalue weighted by Crippen LogP contribution is 2.31. The van der Waals surface area contributed by atoms with Crippen LogP contribution in [0.2, 0.25) is 0 Å². The molecule has 0 spiro atoms. The predicted octanol–water partition coefficient (Wildman–Crippen LogP) is 2.93. The monoisotopic (exact) mass is 355 g/mol. The van der Waals surface area contributed by atoms with Crippen molar-refractivity contribution in [2.45, 2.75) is 26.0 Å². The molecule has 0 bridgehead atoms. The summed E-state index contributed by atoms with van der Waals surface area (Å²) in [5, 5.41) is 3.91. The number of rotatable bonds is 6. The van der Waals surface area contributed by atoms with Gasteiger partial charge in [0.15, 0.2) is 5.82 Å². The van der Waals surface area contributed by atoms with Crippen molar-refractivity contribution in [3.8, 4) is 17.2 Å². The molecule has 0 saturated carbocycles. The van der Waals surface area contributed by atoms with Crippen molar-refractivity contribution < 1.29 is 14.0 Å². The van der Waals surface area contributed by atoms with Crippen LogP contribution in [0.15, 0.2) is 27.2 Å². The number of benzene rings is 1. The van der Waals surface area contributed by atoms with Gasteiger partial charge < -0.3 is 19.7 Å². The van der Waals surface area contributed by atoms with Gasteiger partial charge in [-0.15, -0.1) is 0 Å². The Labute approximate surface area is 131 Å². The number of ether oxygens (including phenoxy) is 2. The van der Waals surface area contributed by atoms with E-state index in [9.17, 15) is 0 Å². The van der Waals surface area contributed by atoms with E-state index in [0.29, 0.717) is 24.1 Å². The summed E-state index contributed by atoms with van der Waals surface area (Å²) in [6, 6.07) is 5.13. The Hall–Kier alpha value is -1.44. The van der Waals surface area contributed by atoms with E-state index in [1.165, 1.54) is 0 Å². The van der Waals surface area contributed by atoms with Crippen LogP contribution in [0.25, 0.3) is 11.5 Å². The molecule has 0 amide bonds. The second-order valence-corrected chi connectivity index (χ2v) is 5.71. The van der Waals surface area contributed by atoms with Crippen molar-refractivity contribution in [2.75, 3.05) is 13.7 Å². The van der Waals surface area contributed by atoms with E-state index >= 15 is 0 Å². The molecule has 0 aliphatic rings. The Bertz CT molecular complexity index is 601. The summed E-state index contributed by atoms with van der Waals surface area (Å²) in [5.41, 5.74) is 6.70. The second kappa shape index (κ2) is 7.02. The minimum absolute atomic E-state index is 0.106. The Morgan fingerprint density at radius 3 is 2.81 bits per heavy atom. The van der Waals surface area contributed by atoms with Crippen molar-refractivity contribution in [2.24, 2.45) is 5.73 Å². The lowest BCUT2D eigenvalue weighted by Gasteiger charge is -2.10. The molecule has 6 nitrogen and oxygen atoms in total. The zero-order valence-electron chi connectivity index (χ0n) is 12.2. The number of methoxy groups -OCH3 is 1. The molecule has 0 fully saturated rings. The van der Waals surface area contributed by atoms with Crippen LogP contribution in [0, 0.1) is 0 Å². The summed E-state index contributed by atoms with van der Waals surface area (Å²) in [6.45, 7) is 4.23. The molecule has 0 saturated heterocycles. The lowest BCUT2D eigenvalue weighted by atomic mass is 10.2. The van der Waals surface area contributed by atoms with E-state index in [0.717, 1.165) is 10.0 Å². The minimum Gasteiger partial charge on any atom is -0.496 e. The van der Waals surface area contributed by atoms with Crippen LogP contribution in [0.4, 0.5) is 0 Å². The lowest BCUT2D eigenvalue weighted by molar-refractivity contribution is 0.0665. The van der Waals surface area contributed by atoms with Gasteiger partial charge in [-0.1, -0.05) is 21.1 Å². The van der Waals surface area contributed by atoms with Gasteiger partial charge in [0, 0.05) is 4.47 Å². The fourth-order valence-corrected chi connectivity index (χ4v) is 2.05. The topological polar surface area (TPSA) is 83.4 Å². The van der Waals surface area contributed by atoms with Gasteiger partial charge in [-0.25, -0.2) is 0 Å². The average molecular weight is 356 g/mol. The molecular formula is C14H18BrN3O3. The third kappa shape index (κ3) is 4.03. The van der Waals surface area contributed by atoms with Crippen LogP contribution < -0.4 is 10.5 Å². The number of hydrogen-bond donors (Lipinski definition) is 1. The molecule has 114 valence electrons. The summed E-state index contributed by atoms with van der Waals surface area (Å²) in [7, 11) is 1.59. The van der Waals surface area contributed by atoms with Crippen molar-refractivity contribution in [1.29, 1.82) is 0 Å². The highest BCUT2D eigenvalue weighted by molar-refractivity contribution is 9.10.